The molecule has 80 valence electrons. The molecule has 1 atom stereocenters. The van der Waals surface area contributed by atoms with Gasteiger partial charge in [-0.05, 0) is 18.9 Å². The molecule has 1 unspecified atom stereocenters. The van der Waals surface area contributed by atoms with Crippen LogP contribution in [0, 0.1) is 5.92 Å². The molecule has 0 aliphatic heterocycles. The molecule has 0 amide bonds. The number of aliphatic carboxylic acids is 1. The van der Waals surface area contributed by atoms with E-state index in [2.05, 4.69) is 9.97 Å². The van der Waals surface area contributed by atoms with E-state index in [0.29, 0.717) is 12.3 Å². The molecule has 4 nitrogen and oxygen atoms in total. The van der Waals surface area contributed by atoms with Crippen LogP contribution in [0.2, 0.25) is 0 Å². The van der Waals surface area contributed by atoms with Crippen LogP contribution in [0.15, 0.2) is 12.4 Å². The average Bonchev–Trinajstić information content (AvgIpc) is 3.01. The molecule has 15 heavy (non-hydrogen) atoms. The maximum atomic E-state index is 10.7. The van der Waals surface area contributed by atoms with Crippen LogP contribution in [-0.4, -0.2) is 21.0 Å². The number of carboxylic acid groups (broad SMARTS) is 1. The number of aromatic nitrogens is 2. The van der Waals surface area contributed by atoms with Crippen molar-refractivity contribution in [1.29, 1.82) is 0 Å². The average molecular weight is 206 g/mol. The highest BCUT2D eigenvalue weighted by Gasteiger charge is 2.25. The molecule has 1 aliphatic carbocycles. The van der Waals surface area contributed by atoms with Gasteiger partial charge in [0, 0.05) is 23.7 Å². The summed E-state index contributed by atoms with van der Waals surface area (Å²) in [4.78, 5) is 19.0. The van der Waals surface area contributed by atoms with Crippen molar-refractivity contribution in [3.63, 3.8) is 0 Å². The van der Waals surface area contributed by atoms with Gasteiger partial charge in [0.05, 0.1) is 5.92 Å². The summed E-state index contributed by atoms with van der Waals surface area (Å²) in [6, 6.07) is 1.94. The van der Waals surface area contributed by atoms with Crippen molar-refractivity contribution >= 4 is 5.97 Å². The number of carboxylic acids is 1. The topological polar surface area (TPSA) is 63.1 Å². The van der Waals surface area contributed by atoms with Crippen LogP contribution in [0.3, 0.4) is 0 Å². The van der Waals surface area contributed by atoms with Gasteiger partial charge in [-0.2, -0.15) is 0 Å². The first-order chi connectivity index (χ1) is 7.16. The summed E-state index contributed by atoms with van der Waals surface area (Å²) < 4.78 is 0. The standard InChI is InChI=1S/C11H14N2O2/c1-7(11(14)15)4-9-5-10(8-2-3-8)13-6-12-9/h5-8H,2-4H2,1H3,(H,14,15). The van der Waals surface area contributed by atoms with E-state index in [1.54, 1.807) is 6.92 Å². The fourth-order valence-corrected chi connectivity index (χ4v) is 1.53. The number of rotatable bonds is 4. The molecule has 2 rings (SSSR count). The molecule has 1 fully saturated rings. The second-order valence-corrected chi connectivity index (χ2v) is 4.15. The zero-order valence-corrected chi connectivity index (χ0v) is 8.68. The molecule has 0 spiro atoms. The molecule has 1 aliphatic rings. The summed E-state index contributed by atoms with van der Waals surface area (Å²) >= 11 is 0. The van der Waals surface area contributed by atoms with Crippen LogP contribution in [0.4, 0.5) is 0 Å². The van der Waals surface area contributed by atoms with Gasteiger partial charge in [0.2, 0.25) is 0 Å². The molecular weight excluding hydrogens is 192 g/mol. The highest BCUT2D eigenvalue weighted by molar-refractivity contribution is 5.69. The maximum absolute atomic E-state index is 10.7. The molecule has 1 saturated carbocycles. The van der Waals surface area contributed by atoms with E-state index in [-0.39, 0.29) is 5.92 Å². The van der Waals surface area contributed by atoms with Gasteiger partial charge in [0.1, 0.15) is 6.33 Å². The van der Waals surface area contributed by atoms with Crippen LogP contribution >= 0.6 is 0 Å². The monoisotopic (exact) mass is 206 g/mol. The quantitative estimate of drug-likeness (QED) is 0.813. The van der Waals surface area contributed by atoms with Gasteiger partial charge in [-0.1, -0.05) is 6.92 Å². The van der Waals surface area contributed by atoms with Crippen molar-refractivity contribution in [2.75, 3.05) is 0 Å². The van der Waals surface area contributed by atoms with E-state index in [1.807, 2.05) is 6.07 Å². The van der Waals surface area contributed by atoms with Gasteiger partial charge in [-0.15, -0.1) is 0 Å². The third-order valence-electron chi connectivity index (χ3n) is 2.68. The Hall–Kier alpha value is -1.45. The Balaban J connectivity index is 2.07. The Bertz CT molecular complexity index is 375. The molecule has 0 radical (unpaired) electrons. The van der Waals surface area contributed by atoms with Gasteiger partial charge >= 0.3 is 5.97 Å². The highest BCUT2D eigenvalue weighted by atomic mass is 16.4. The van der Waals surface area contributed by atoms with Crippen molar-refractivity contribution in [2.24, 2.45) is 5.92 Å². The van der Waals surface area contributed by atoms with Gasteiger partial charge < -0.3 is 5.11 Å². The Morgan fingerprint density at radius 3 is 2.93 bits per heavy atom. The van der Waals surface area contributed by atoms with Crippen molar-refractivity contribution in [3.05, 3.63) is 23.8 Å². The number of carbonyl (C=O) groups is 1. The number of hydrogen-bond donors (Lipinski definition) is 1. The third-order valence-corrected chi connectivity index (χ3v) is 2.68. The van der Waals surface area contributed by atoms with E-state index >= 15 is 0 Å². The highest BCUT2D eigenvalue weighted by Crippen LogP contribution is 2.38. The van der Waals surface area contributed by atoms with Crippen LogP contribution < -0.4 is 0 Å². The van der Waals surface area contributed by atoms with Gasteiger partial charge in [-0.25, -0.2) is 9.97 Å². The molecule has 1 N–H and O–H groups in total. The Kier molecular flexibility index (Phi) is 2.66. The van der Waals surface area contributed by atoms with E-state index < -0.39 is 5.97 Å². The van der Waals surface area contributed by atoms with Crippen LogP contribution in [0.1, 0.15) is 37.1 Å². The normalized spacial score (nSPS) is 17.4. The third kappa shape index (κ3) is 2.52. The Labute approximate surface area is 88.4 Å². The molecule has 4 heteroatoms. The Morgan fingerprint density at radius 1 is 1.60 bits per heavy atom. The fourth-order valence-electron chi connectivity index (χ4n) is 1.53. The van der Waals surface area contributed by atoms with Gasteiger partial charge in [-0.3, -0.25) is 4.79 Å². The van der Waals surface area contributed by atoms with Gasteiger partial charge in [0.15, 0.2) is 0 Å². The largest absolute Gasteiger partial charge is 0.481 e. The predicted molar refractivity (Wildman–Crippen MR) is 54.5 cm³/mol. The smallest absolute Gasteiger partial charge is 0.306 e. The van der Waals surface area contributed by atoms with Crippen molar-refractivity contribution in [3.8, 4) is 0 Å². The summed E-state index contributed by atoms with van der Waals surface area (Å²) in [6.45, 7) is 1.70. The van der Waals surface area contributed by atoms with E-state index in [1.165, 1.54) is 19.2 Å². The van der Waals surface area contributed by atoms with Crippen molar-refractivity contribution in [2.45, 2.75) is 32.1 Å². The molecule has 0 bridgehead atoms. The molecular formula is C11H14N2O2. The van der Waals surface area contributed by atoms with Crippen LogP contribution in [0.25, 0.3) is 0 Å². The summed E-state index contributed by atoms with van der Waals surface area (Å²) in [5.41, 5.74) is 1.90. The SMILES string of the molecule is CC(Cc1cc(C2CC2)ncn1)C(=O)O. The predicted octanol–water partition coefficient (Wildman–Crippen LogP) is 1.62. The Morgan fingerprint density at radius 2 is 2.33 bits per heavy atom. The van der Waals surface area contributed by atoms with E-state index in [9.17, 15) is 4.79 Å². The van der Waals surface area contributed by atoms with Crippen LogP contribution in [-0.2, 0) is 11.2 Å². The summed E-state index contributed by atoms with van der Waals surface area (Å²) in [5, 5.41) is 8.79. The molecule has 1 aromatic heterocycles. The lowest BCUT2D eigenvalue weighted by molar-refractivity contribution is -0.141. The van der Waals surface area contributed by atoms with Crippen molar-refractivity contribution in [1.82, 2.24) is 9.97 Å². The number of nitrogens with zero attached hydrogens (tertiary/aromatic N) is 2. The maximum Gasteiger partial charge on any atom is 0.306 e. The van der Waals surface area contributed by atoms with Gasteiger partial charge in [0.25, 0.3) is 0 Å². The minimum atomic E-state index is -0.776. The lowest BCUT2D eigenvalue weighted by Crippen LogP contribution is -2.13. The summed E-state index contributed by atoms with van der Waals surface area (Å²) in [6.07, 6.45) is 4.42. The van der Waals surface area contributed by atoms with E-state index in [0.717, 1.165) is 11.4 Å². The first-order valence-electron chi connectivity index (χ1n) is 5.20. The molecule has 1 aromatic rings. The van der Waals surface area contributed by atoms with E-state index in [4.69, 9.17) is 5.11 Å². The minimum Gasteiger partial charge on any atom is -0.481 e. The molecule has 0 saturated heterocycles. The minimum absolute atomic E-state index is 0.382. The molecule has 1 heterocycles. The second-order valence-electron chi connectivity index (χ2n) is 4.15. The zero-order chi connectivity index (χ0) is 10.8. The molecule has 0 aromatic carbocycles. The fraction of sp³-hybridized carbons (Fsp3) is 0.545. The van der Waals surface area contributed by atoms with Crippen molar-refractivity contribution < 1.29 is 9.90 Å². The van der Waals surface area contributed by atoms with Crippen LogP contribution in [0.5, 0.6) is 0 Å². The summed E-state index contributed by atoms with van der Waals surface area (Å²) in [7, 11) is 0. The lowest BCUT2D eigenvalue weighted by atomic mass is 10.1. The second kappa shape index (κ2) is 3.96. The number of hydrogen-bond acceptors (Lipinski definition) is 3. The lowest BCUT2D eigenvalue weighted by Gasteiger charge is -2.06. The summed E-state index contributed by atoms with van der Waals surface area (Å²) in [5.74, 6) is -0.569. The first-order valence-corrected chi connectivity index (χ1v) is 5.20. The first kappa shape index (κ1) is 10.1. The zero-order valence-electron chi connectivity index (χ0n) is 8.68.